The summed E-state index contributed by atoms with van der Waals surface area (Å²) in [5.74, 6) is 0.455. The Hall–Kier alpha value is -0.770. The van der Waals surface area contributed by atoms with Crippen LogP contribution in [0.1, 0.15) is 24.4 Å². The van der Waals surface area contributed by atoms with Gasteiger partial charge in [-0.1, -0.05) is 15.9 Å². The summed E-state index contributed by atoms with van der Waals surface area (Å²) in [6.07, 6.45) is 1.33. The monoisotopic (exact) mass is 422 g/mol. The topological polar surface area (TPSA) is 87.7 Å². The second kappa shape index (κ2) is 5.92. The van der Waals surface area contributed by atoms with Crippen molar-refractivity contribution >= 4 is 41.9 Å². The molecule has 0 spiro atoms. The Morgan fingerprint density at radius 2 is 2.00 bits per heavy atom. The van der Waals surface area contributed by atoms with Crippen LogP contribution in [0.4, 0.5) is 0 Å². The van der Waals surface area contributed by atoms with Crippen LogP contribution >= 0.6 is 31.9 Å². The SMILES string of the molecule is Cc1cc(Br)c(S(=O)(=O)NC(C)c2ncn[nH]2)cc1Br. The third kappa shape index (κ3) is 3.27. The first kappa shape index (κ1) is 15.6. The molecule has 1 heterocycles. The number of rotatable bonds is 4. The normalized spacial score (nSPS) is 13.4. The molecule has 0 aliphatic carbocycles. The fourth-order valence-electron chi connectivity index (χ4n) is 1.61. The van der Waals surface area contributed by atoms with Gasteiger partial charge in [0.25, 0.3) is 0 Å². The van der Waals surface area contributed by atoms with Crippen molar-refractivity contribution in [2.45, 2.75) is 24.8 Å². The molecule has 1 unspecified atom stereocenters. The quantitative estimate of drug-likeness (QED) is 0.791. The Balaban J connectivity index is 2.34. The fraction of sp³-hybridized carbons (Fsp3) is 0.273. The van der Waals surface area contributed by atoms with Crippen molar-refractivity contribution in [1.29, 1.82) is 0 Å². The van der Waals surface area contributed by atoms with Crippen molar-refractivity contribution in [2.75, 3.05) is 0 Å². The molecule has 6 nitrogen and oxygen atoms in total. The van der Waals surface area contributed by atoms with Gasteiger partial charge in [-0.25, -0.2) is 18.1 Å². The van der Waals surface area contributed by atoms with Gasteiger partial charge in [0, 0.05) is 8.95 Å². The van der Waals surface area contributed by atoms with E-state index in [1.54, 1.807) is 19.1 Å². The first-order chi connectivity index (χ1) is 9.31. The van der Waals surface area contributed by atoms with Crippen LogP contribution in [0, 0.1) is 6.92 Å². The van der Waals surface area contributed by atoms with Crippen molar-refractivity contribution in [3.05, 3.63) is 38.8 Å². The summed E-state index contributed by atoms with van der Waals surface area (Å²) in [6.45, 7) is 3.57. The first-order valence-corrected chi connectivity index (χ1v) is 8.71. The maximum Gasteiger partial charge on any atom is 0.242 e. The van der Waals surface area contributed by atoms with E-state index in [0.717, 1.165) is 10.0 Å². The molecule has 9 heteroatoms. The second-order valence-electron chi connectivity index (χ2n) is 4.25. The van der Waals surface area contributed by atoms with Crippen molar-refractivity contribution in [3.8, 4) is 0 Å². The summed E-state index contributed by atoms with van der Waals surface area (Å²) >= 11 is 6.62. The highest BCUT2D eigenvalue weighted by molar-refractivity contribution is 9.11. The van der Waals surface area contributed by atoms with Crippen LogP contribution in [0.15, 0.2) is 32.3 Å². The number of aromatic nitrogens is 3. The molecular weight excluding hydrogens is 412 g/mol. The maximum absolute atomic E-state index is 12.4. The van der Waals surface area contributed by atoms with Gasteiger partial charge in [0.15, 0.2) is 0 Å². The largest absolute Gasteiger partial charge is 0.262 e. The second-order valence-corrected chi connectivity index (χ2v) is 7.64. The molecule has 1 aromatic heterocycles. The molecule has 0 radical (unpaired) electrons. The molecule has 1 aromatic carbocycles. The van der Waals surface area contributed by atoms with E-state index in [1.807, 2.05) is 6.92 Å². The number of H-pyrrole nitrogens is 1. The predicted molar refractivity (Wildman–Crippen MR) is 81.7 cm³/mol. The number of aryl methyl sites for hydroxylation is 1. The van der Waals surface area contributed by atoms with E-state index >= 15 is 0 Å². The first-order valence-electron chi connectivity index (χ1n) is 5.64. The molecule has 0 aliphatic rings. The van der Waals surface area contributed by atoms with Crippen LogP contribution in [0.5, 0.6) is 0 Å². The van der Waals surface area contributed by atoms with Crippen LogP contribution in [-0.4, -0.2) is 23.6 Å². The Labute approximate surface area is 133 Å². The lowest BCUT2D eigenvalue weighted by molar-refractivity contribution is 0.560. The van der Waals surface area contributed by atoms with Crippen LogP contribution < -0.4 is 4.72 Å². The highest BCUT2D eigenvalue weighted by Gasteiger charge is 2.23. The fourth-order valence-corrected chi connectivity index (χ4v) is 4.49. The zero-order valence-corrected chi connectivity index (χ0v) is 14.7. The van der Waals surface area contributed by atoms with Crippen LogP contribution in [0.2, 0.25) is 0 Å². The van der Waals surface area contributed by atoms with Crippen molar-refractivity contribution in [1.82, 2.24) is 19.9 Å². The molecule has 108 valence electrons. The molecule has 2 N–H and O–H groups in total. The number of nitrogens with one attached hydrogen (secondary N) is 2. The number of hydrogen-bond acceptors (Lipinski definition) is 4. The van der Waals surface area contributed by atoms with E-state index in [0.29, 0.717) is 10.3 Å². The number of aromatic amines is 1. The average Bonchev–Trinajstić information content (AvgIpc) is 2.86. The van der Waals surface area contributed by atoms with Crippen LogP contribution in [0.25, 0.3) is 0 Å². The van der Waals surface area contributed by atoms with Gasteiger partial charge in [0.05, 0.1) is 10.9 Å². The van der Waals surface area contributed by atoms with E-state index in [2.05, 4.69) is 51.8 Å². The smallest absolute Gasteiger partial charge is 0.242 e. The molecule has 2 rings (SSSR count). The minimum Gasteiger partial charge on any atom is -0.262 e. The molecular formula is C11H12Br2N4O2S. The highest BCUT2D eigenvalue weighted by Crippen LogP contribution is 2.29. The van der Waals surface area contributed by atoms with Gasteiger partial charge < -0.3 is 0 Å². The maximum atomic E-state index is 12.4. The highest BCUT2D eigenvalue weighted by atomic mass is 79.9. The Morgan fingerprint density at radius 3 is 2.60 bits per heavy atom. The zero-order chi connectivity index (χ0) is 14.9. The van der Waals surface area contributed by atoms with E-state index in [-0.39, 0.29) is 4.90 Å². The molecule has 0 aliphatic heterocycles. The van der Waals surface area contributed by atoms with Gasteiger partial charge in [-0.15, -0.1) is 0 Å². The van der Waals surface area contributed by atoms with E-state index in [4.69, 9.17) is 0 Å². The van der Waals surface area contributed by atoms with Gasteiger partial charge in [-0.05, 0) is 47.5 Å². The van der Waals surface area contributed by atoms with Crippen molar-refractivity contribution < 1.29 is 8.42 Å². The summed E-state index contributed by atoms with van der Waals surface area (Å²) in [6, 6.07) is 2.81. The van der Waals surface area contributed by atoms with Crippen molar-refractivity contribution in [3.63, 3.8) is 0 Å². The van der Waals surface area contributed by atoms with E-state index < -0.39 is 16.1 Å². The van der Waals surface area contributed by atoms with E-state index in [9.17, 15) is 8.42 Å². The predicted octanol–water partition coefficient (Wildman–Crippen LogP) is 2.68. The minimum atomic E-state index is -3.67. The summed E-state index contributed by atoms with van der Waals surface area (Å²) in [7, 11) is -3.67. The van der Waals surface area contributed by atoms with Gasteiger partial charge in [0.2, 0.25) is 10.0 Å². The Morgan fingerprint density at radius 1 is 1.30 bits per heavy atom. The molecule has 1 atom stereocenters. The van der Waals surface area contributed by atoms with E-state index in [1.165, 1.54) is 6.33 Å². The number of hydrogen-bond donors (Lipinski definition) is 2. The van der Waals surface area contributed by atoms with Gasteiger partial charge in [0.1, 0.15) is 12.2 Å². The summed E-state index contributed by atoms with van der Waals surface area (Å²) in [5, 5.41) is 6.34. The third-order valence-corrected chi connectivity index (χ3v) is 6.03. The zero-order valence-electron chi connectivity index (χ0n) is 10.7. The Bertz CT molecular complexity index is 716. The molecule has 0 fully saturated rings. The van der Waals surface area contributed by atoms with Crippen molar-refractivity contribution in [2.24, 2.45) is 0 Å². The average molecular weight is 424 g/mol. The third-order valence-electron chi connectivity index (χ3n) is 2.68. The number of benzene rings is 1. The Kier molecular flexibility index (Phi) is 4.62. The summed E-state index contributed by atoms with van der Waals surface area (Å²) in [5.41, 5.74) is 0.944. The molecule has 0 amide bonds. The van der Waals surface area contributed by atoms with Gasteiger partial charge in [-0.2, -0.15) is 5.10 Å². The number of sulfonamides is 1. The summed E-state index contributed by atoms with van der Waals surface area (Å²) < 4.78 is 28.6. The molecule has 0 saturated carbocycles. The summed E-state index contributed by atoms with van der Waals surface area (Å²) in [4.78, 5) is 4.10. The molecule has 2 aromatic rings. The number of halogens is 2. The number of nitrogens with zero attached hydrogens (tertiary/aromatic N) is 2. The molecule has 0 saturated heterocycles. The van der Waals surface area contributed by atoms with Gasteiger partial charge >= 0.3 is 0 Å². The van der Waals surface area contributed by atoms with Crippen LogP contribution in [-0.2, 0) is 10.0 Å². The molecule has 0 bridgehead atoms. The molecule has 20 heavy (non-hydrogen) atoms. The lowest BCUT2D eigenvalue weighted by Crippen LogP contribution is -2.28. The van der Waals surface area contributed by atoms with Gasteiger partial charge in [-0.3, -0.25) is 5.10 Å². The van der Waals surface area contributed by atoms with Crippen LogP contribution in [0.3, 0.4) is 0 Å². The minimum absolute atomic E-state index is 0.168. The standard InChI is InChI=1S/C11H12Br2N4O2S/c1-6-3-9(13)10(4-8(6)12)20(18,19)17-7(2)11-14-5-15-16-11/h3-5,7,17H,1-2H3,(H,14,15,16). The lowest BCUT2D eigenvalue weighted by Gasteiger charge is -2.14. The lowest BCUT2D eigenvalue weighted by atomic mass is 10.2.